The normalized spacial score (nSPS) is 24.9. The highest BCUT2D eigenvalue weighted by Gasteiger charge is 2.33. The fourth-order valence-corrected chi connectivity index (χ4v) is 4.09. The van der Waals surface area contributed by atoms with Gasteiger partial charge in [0, 0.05) is 11.4 Å². The van der Waals surface area contributed by atoms with E-state index in [1.165, 1.54) is 24.3 Å². The maximum atomic E-state index is 12.0. The Kier molecular flexibility index (Phi) is 4.41. The lowest BCUT2D eigenvalue weighted by Gasteiger charge is -2.34. The Labute approximate surface area is 118 Å². The summed E-state index contributed by atoms with van der Waals surface area (Å²) < 4.78 is 52.4. The molecule has 108 valence electrons. The SMILES string of the molecule is O=S(=O)(OC1CCOS(O)(O)C1)c1ccc(Cl)cc1. The lowest BCUT2D eigenvalue weighted by atomic mass is 10.3. The molecule has 1 aromatic rings. The van der Waals surface area contributed by atoms with Gasteiger partial charge in [-0.15, -0.1) is 0 Å². The second-order valence-electron chi connectivity index (χ2n) is 4.01. The fourth-order valence-electron chi connectivity index (χ4n) is 1.60. The predicted octanol–water partition coefficient (Wildman–Crippen LogP) is 2.50. The van der Waals surface area contributed by atoms with Crippen LogP contribution in [0.2, 0.25) is 5.02 Å². The fraction of sp³-hybridized carbons (Fsp3) is 0.400. The van der Waals surface area contributed by atoms with E-state index >= 15 is 0 Å². The van der Waals surface area contributed by atoms with Crippen LogP contribution in [0, 0.1) is 0 Å². The van der Waals surface area contributed by atoms with Crippen molar-refractivity contribution in [3.63, 3.8) is 0 Å². The third-order valence-electron chi connectivity index (χ3n) is 2.48. The van der Waals surface area contributed by atoms with Crippen LogP contribution in [-0.2, 0) is 18.5 Å². The Morgan fingerprint density at radius 1 is 1.32 bits per heavy atom. The molecule has 0 saturated carbocycles. The van der Waals surface area contributed by atoms with Crippen molar-refractivity contribution in [2.45, 2.75) is 17.4 Å². The molecule has 2 N–H and O–H groups in total. The molecule has 1 aliphatic rings. The van der Waals surface area contributed by atoms with E-state index in [9.17, 15) is 17.5 Å². The second kappa shape index (κ2) is 5.57. The van der Waals surface area contributed by atoms with Crippen molar-refractivity contribution < 1.29 is 25.9 Å². The molecule has 1 atom stereocenters. The molecule has 0 spiro atoms. The Bertz CT molecular complexity index is 542. The summed E-state index contributed by atoms with van der Waals surface area (Å²) in [6, 6.07) is 5.54. The Morgan fingerprint density at radius 3 is 2.53 bits per heavy atom. The van der Waals surface area contributed by atoms with Gasteiger partial charge < -0.3 is 9.11 Å². The van der Waals surface area contributed by atoms with Crippen molar-refractivity contribution in [3.8, 4) is 0 Å². The Hall–Kier alpha value is -0.350. The van der Waals surface area contributed by atoms with Gasteiger partial charge in [-0.2, -0.15) is 8.42 Å². The summed E-state index contributed by atoms with van der Waals surface area (Å²) in [6.45, 7) is 0.0448. The first-order chi connectivity index (χ1) is 8.78. The Morgan fingerprint density at radius 2 is 1.95 bits per heavy atom. The van der Waals surface area contributed by atoms with E-state index in [1.54, 1.807) is 0 Å². The highest BCUT2D eigenvalue weighted by molar-refractivity contribution is 8.20. The van der Waals surface area contributed by atoms with Crippen LogP contribution < -0.4 is 0 Å². The number of benzene rings is 1. The summed E-state index contributed by atoms with van der Waals surface area (Å²) >= 11 is 5.68. The molecule has 1 aliphatic heterocycles. The minimum Gasteiger partial charge on any atom is -0.308 e. The van der Waals surface area contributed by atoms with Crippen molar-refractivity contribution in [1.29, 1.82) is 0 Å². The highest BCUT2D eigenvalue weighted by Crippen LogP contribution is 2.45. The van der Waals surface area contributed by atoms with Gasteiger partial charge in [-0.1, -0.05) is 11.6 Å². The van der Waals surface area contributed by atoms with Gasteiger partial charge in [0.25, 0.3) is 10.1 Å². The van der Waals surface area contributed by atoms with Crippen molar-refractivity contribution in [2.24, 2.45) is 0 Å². The van der Waals surface area contributed by atoms with Crippen LogP contribution in [0.15, 0.2) is 29.2 Å². The third-order valence-corrected chi connectivity index (χ3v) is 5.46. The predicted molar refractivity (Wildman–Crippen MR) is 71.8 cm³/mol. The largest absolute Gasteiger partial charge is 0.308 e. The highest BCUT2D eigenvalue weighted by atomic mass is 35.5. The van der Waals surface area contributed by atoms with Crippen molar-refractivity contribution in [1.82, 2.24) is 0 Å². The molecule has 0 aliphatic carbocycles. The van der Waals surface area contributed by atoms with E-state index in [0.29, 0.717) is 5.02 Å². The number of halogens is 1. The van der Waals surface area contributed by atoms with Crippen molar-refractivity contribution >= 4 is 32.6 Å². The lowest BCUT2D eigenvalue weighted by Crippen LogP contribution is -2.32. The van der Waals surface area contributed by atoms with E-state index in [0.717, 1.165) is 0 Å². The average molecular weight is 329 g/mol. The minimum atomic E-state index is -3.95. The summed E-state index contributed by atoms with van der Waals surface area (Å²) in [5.41, 5.74) is 0. The van der Waals surface area contributed by atoms with Crippen molar-refractivity contribution in [2.75, 3.05) is 12.4 Å². The molecule has 1 saturated heterocycles. The van der Waals surface area contributed by atoms with Crippen molar-refractivity contribution in [3.05, 3.63) is 29.3 Å². The van der Waals surface area contributed by atoms with Gasteiger partial charge in [-0.05, 0) is 24.3 Å². The van der Waals surface area contributed by atoms with Gasteiger partial charge in [-0.3, -0.25) is 8.37 Å². The first kappa shape index (κ1) is 15.0. The molecular formula is C10H13ClO6S2. The molecule has 1 aromatic carbocycles. The van der Waals surface area contributed by atoms with Gasteiger partial charge in [0.15, 0.2) is 0 Å². The zero-order valence-corrected chi connectivity index (χ0v) is 12.1. The van der Waals surface area contributed by atoms with Crippen LogP contribution in [0.4, 0.5) is 0 Å². The summed E-state index contributed by atoms with van der Waals surface area (Å²) in [6.07, 6.45) is -0.526. The molecule has 1 unspecified atom stereocenters. The zero-order chi connectivity index (χ0) is 14.1. The van der Waals surface area contributed by atoms with Crippen LogP contribution in [0.1, 0.15) is 6.42 Å². The van der Waals surface area contributed by atoms with Crippen LogP contribution in [0.3, 0.4) is 0 Å². The van der Waals surface area contributed by atoms with Gasteiger partial charge in [0.2, 0.25) is 0 Å². The smallest absolute Gasteiger partial charge is 0.297 e. The van der Waals surface area contributed by atoms with Crippen LogP contribution >= 0.6 is 22.5 Å². The number of rotatable bonds is 3. The van der Waals surface area contributed by atoms with E-state index in [4.69, 9.17) is 20.0 Å². The second-order valence-corrected chi connectivity index (χ2v) is 7.80. The quantitative estimate of drug-likeness (QED) is 0.828. The minimum absolute atomic E-state index is 0.0279. The molecule has 0 amide bonds. The molecule has 19 heavy (non-hydrogen) atoms. The number of hydrogen-bond donors (Lipinski definition) is 2. The topological polar surface area (TPSA) is 93.1 Å². The van der Waals surface area contributed by atoms with Crippen LogP contribution in [0.5, 0.6) is 0 Å². The molecule has 0 radical (unpaired) electrons. The molecule has 6 nitrogen and oxygen atoms in total. The van der Waals surface area contributed by atoms with Gasteiger partial charge in [-0.25, -0.2) is 0 Å². The van der Waals surface area contributed by atoms with Gasteiger partial charge >= 0.3 is 0 Å². The summed E-state index contributed by atoms with van der Waals surface area (Å²) in [5.74, 6) is -0.250. The molecule has 1 heterocycles. The summed E-state index contributed by atoms with van der Waals surface area (Å²) in [4.78, 5) is -0.0279. The van der Waals surface area contributed by atoms with E-state index in [-0.39, 0.29) is 23.7 Å². The maximum absolute atomic E-state index is 12.0. The Balaban J connectivity index is 2.11. The molecule has 0 bridgehead atoms. The zero-order valence-electron chi connectivity index (χ0n) is 9.73. The molecule has 0 aromatic heterocycles. The monoisotopic (exact) mass is 328 g/mol. The lowest BCUT2D eigenvalue weighted by molar-refractivity contribution is 0.143. The first-order valence-electron chi connectivity index (χ1n) is 5.38. The first-order valence-corrected chi connectivity index (χ1v) is 8.80. The van der Waals surface area contributed by atoms with E-state index in [1.807, 2.05) is 0 Å². The standard InChI is InChI=1S/C10H13ClO6S2/c11-8-1-3-10(4-2-8)19(14,15)17-9-5-6-16-18(12,13)7-9/h1-4,9,12-13H,5-7H2. The number of hydrogen-bond acceptors (Lipinski definition) is 6. The van der Waals surface area contributed by atoms with Crippen LogP contribution in [0.25, 0.3) is 0 Å². The maximum Gasteiger partial charge on any atom is 0.297 e. The van der Waals surface area contributed by atoms with Gasteiger partial charge in [0.1, 0.15) is 0 Å². The average Bonchev–Trinajstić information content (AvgIpc) is 2.27. The molecule has 2 rings (SSSR count). The third kappa shape index (κ3) is 4.06. The summed E-state index contributed by atoms with van der Waals surface area (Å²) in [7, 11) is -7.15. The van der Waals surface area contributed by atoms with E-state index in [2.05, 4.69) is 0 Å². The van der Waals surface area contributed by atoms with E-state index < -0.39 is 27.1 Å². The molecule has 1 fully saturated rings. The molecule has 9 heteroatoms. The molecular weight excluding hydrogens is 316 g/mol. The van der Waals surface area contributed by atoms with Gasteiger partial charge in [0.05, 0.1) is 34.2 Å². The van der Waals surface area contributed by atoms with Crippen LogP contribution in [-0.4, -0.2) is 36.0 Å². The summed E-state index contributed by atoms with van der Waals surface area (Å²) in [5, 5.41) is 0.416.